The Morgan fingerprint density at radius 1 is 0.868 bits per heavy atom. The number of hydrogen-bond donors (Lipinski definition) is 5. The zero-order chi connectivity index (χ0) is 56.1. The summed E-state index contributed by atoms with van der Waals surface area (Å²) in [4.78, 5) is 32.2. The molecular weight excluding hydrogens is 1010 g/mol. The number of thioether (sulfide) groups is 2. The van der Waals surface area contributed by atoms with Gasteiger partial charge in [-0.15, -0.1) is 0 Å². The Bertz CT molecular complexity index is 2040. The molecule has 3 aliphatic rings. The number of amides is 1. The highest BCUT2D eigenvalue weighted by molar-refractivity contribution is 7.99. The van der Waals surface area contributed by atoms with Crippen molar-refractivity contribution in [1.82, 2.24) is 9.80 Å². The molecule has 1 unspecified atom stereocenters. The van der Waals surface area contributed by atoms with E-state index in [9.17, 15) is 35.1 Å². The molecule has 3 aliphatic heterocycles. The average Bonchev–Trinajstić information content (AvgIpc) is 3.39. The van der Waals surface area contributed by atoms with E-state index >= 15 is 0 Å². The molecule has 0 aliphatic carbocycles. The second kappa shape index (κ2) is 29.4. The van der Waals surface area contributed by atoms with Gasteiger partial charge in [-0.2, -0.15) is 23.5 Å². The number of unbranched alkanes of at least 4 members (excludes halogenated alkanes) is 1. The first-order chi connectivity index (χ1) is 35.8. The number of rotatable bonds is 20. The number of ether oxygens (including phenoxy) is 6. The van der Waals surface area contributed by atoms with Crippen LogP contribution in [0.5, 0.6) is 0 Å². The van der Waals surface area contributed by atoms with E-state index < -0.39 is 108 Å². The molecule has 0 spiro atoms. The summed E-state index contributed by atoms with van der Waals surface area (Å²) in [5.41, 5.74) is -1.96. The van der Waals surface area contributed by atoms with Crippen LogP contribution in [0.4, 0.5) is 0 Å². The number of methoxy groups -OCH3 is 1. The topological polar surface area (TPSA) is 197 Å². The van der Waals surface area contributed by atoms with Crippen molar-refractivity contribution in [2.45, 2.75) is 234 Å². The van der Waals surface area contributed by atoms with Crippen LogP contribution < -0.4 is 0 Å². The lowest BCUT2D eigenvalue weighted by Crippen LogP contribution is -2.61. The van der Waals surface area contributed by atoms with Crippen molar-refractivity contribution in [2.24, 2.45) is 17.8 Å². The lowest BCUT2D eigenvalue weighted by Gasteiger charge is -2.49. The zero-order valence-electron chi connectivity index (χ0n) is 47.9. The van der Waals surface area contributed by atoms with Crippen molar-refractivity contribution in [2.75, 3.05) is 33.5 Å². The molecule has 3 saturated heterocycles. The first-order valence-electron chi connectivity index (χ1n) is 27.9. The number of cyclic esters (lactones) is 1. The highest BCUT2D eigenvalue weighted by Crippen LogP contribution is 2.41. The summed E-state index contributed by atoms with van der Waals surface area (Å²) in [5, 5.41) is 60.3. The lowest BCUT2D eigenvalue weighted by molar-refractivity contribution is -0.317. The molecule has 76 heavy (non-hydrogen) atoms. The molecule has 3 fully saturated rings. The van der Waals surface area contributed by atoms with Gasteiger partial charge >= 0.3 is 5.97 Å². The van der Waals surface area contributed by atoms with Crippen LogP contribution in [-0.2, 0) is 49.5 Å². The molecule has 15 nitrogen and oxygen atoms in total. The van der Waals surface area contributed by atoms with E-state index in [1.807, 2.05) is 61.5 Å². The van der Waals surface area contributed by atoms with Gasteiger partial charge in [0.05, 0.1) is 47.6 Å². The van der Waals surface area contributed by atoms with Crippen molar-refractivity contribution in [1.29, 1.82) is 0 Å². The van der Waals surface area contributed by atoms with Crippen molar-refractivity contribution in [3.05, 3.63) is 71.8 Å². The maximum absolute atomic E-state index is 14.5. The predicted molar refractivity (Wildman–Crippen MR) is 300 cm³/mol. The van der Waals surface area contributed by atoms with Gasteiger partial charge in [-0.1, -0.05) is 87.9 Å². The number of aliphatic hydroxyl groups is 5. The molecule has 3 heterocycles. The summed E-state index contributed by atoms with van der Waals surface area (Å²) in [6, 6.07) is 19.8. The van der Waals surface area contributed by atoms with Gasteiger partial charge in [0, 0.05) is 62.3 Å². The molecule has 17 heteroatoms. The summed E-state index contributed by atoms with van der Waals surface area (Å²) >= 11 is 3.94. The van der Waals surface area contributed by atoms with Gasteiger partial charge in [0.1, 0.15) is 30.0 Å². The van der Waals surface area contributed by atoms with Crippen molar-refractivity contribution < 1.29 is 63.5 Å². The van der Waals surface area contributed by atoms with Crippen LogP contribution in [-0.4, -0.2) is 176 Å². The van der Waals surface area contributed by atoms with Crippen molar-refractivity contribution in [3.63, 3.8) is 0 Å². The first-order valence-corrected chi connectivity index (χ1v) is 30.1. The first kappa shape index (κ1) is 64.5. The van der Waals surface area contributed by atoms with Gasteiger partial charge in [-0.05, 0) is 117 Å². The minimum Gasteiger partial charge on any atom is -0.459 e. The number of likely N-dealkylation sites (N-methyl/N-ethyl adjacent to an activating group) is 2. The normalized spacial score (nSPS) is 37.9. The van der Waals surface area contributed by atoms with E-state index in [0.717, 1.165) is 36.5 Å². The Balaban J connectivity index is 1.36. The number of benzene rings is 2. The number of aliphatic hydroxyl groups excluding tert-OH is 3. The molecule has 5 N–H and O–H groups in total. The van der Waals surface area contributed by atoms with Gasteiger partial charge in [0.2, 0.25) is 5.91 Å². The van der Waals surface area contributed by atoms with Crippen LogP contribution in [0.25, 0.3) is 0 Å². The highest BCUT2D eigenvalue weighted by atomic mass is 32.2. The average molecular weight is 1110 g/mol. The van der Waals surface area contributed by atoms with E-state index in [4.69, 9.17) is 28.4 Å². The second-order valence-corrected chi connectivity index (χ2v) is 25.6. The Labute approximate surface area is 463 Å². The SMILES string of the molecule is CC[C@H]1OC(=O)[C@H](C)[C@@H](O[C@H]2C[C@@](C)(OC)[C@@H](O)[C@H](C)O2)[C@H](C)[C@@H](O[C@@H]2O[C@H](C)C[C@H](N(C)C(=O)CCCCC(CCSCc3ccccc3)SCc3ccccc3)[C@H]2O)[C@](C)(O)C[C@@H](C)CN(C)[C@H](C)[C@@H](O)[C@]1(C)O. The highest BCUT2D eigenvalue weighted by Gasteiger charge is 2.53. The summed E-state index contributed by atoms with van der Waals surface area (Å²) < 4.78 is 38.3. The van der Waals surface area contributed by atoms with Gasteiger partial charge in [0.25, 0.3) is 0 Å². The third kappa shape index (κ3) is 17.3. The number of nitrogens with zero attached hydrogens (tertiary/aromatic N) is 2. The third-order valence-electron chi connectivity index (χ3n) is 16.6. The quantitative estimate of drug-likeness (QED) is 0.0632. The molecular formula is C59H96N2O13S2. The van der Waals surface area contributed by atoms with Gasteiger partial charge in [0.15, 0.2) is 12.6 Å². The Morgan fingerprint density at radius 3 is 2.12 bits per heavy atom. The van der Waals surface area contributed by atoms with Crippen LogP contribution in [0.15, 0.2) is 60.7 Å². The molecule has 2 aromatic rings. The molecule has 2 aromatic carbocycles. The fraction of sp³-hybridized carbons (Fsp3) is 0.763. The van der Waals surface area contributed by atoms with Crippen LogP contribution in [0, 0.1) is 17.8 Å². The van der Waals surface area contributed by atoms with Gasteiger partial charge in [-0.25, -0.2) is 0 Å². The van der Waals surface area contributed by atoms with E-state index in [1.165, 1.54) is 25.2 Å². The monoisotopic (exact) mass is 1100 g/mol. The van der Waals surface area contributed by atoms with Crippen LogP contribution in [0.1, 0.15) is 138 Å². The maximum Gasteiger partial charge on any atom is 0.311 e. The standard InChI is InChI=1S/C59H96N2O13S2/c1-14-47-59(10,68)52(64)41(6)60(11)34-37(2)32-57(8,67)54(39(4)51(40(5)55(66)72-47)73-49-33-58(9,69-13)53(65)42(7)71-49)74-56-50(63)46(31-38(3)70-56)61(12)48(62)28-22-21-27-45(76-36-44-25-19-16-20-26-44)29-30-75-35-43-23-17-15-18-24-43/h15-20,23-26,37-42,45-47,49-54,56,63-65,67-68H,14,21-22,27-36H2,1-13H3/t37-,38-,39+,40-,41-,42+,45?,46+,47-,49+,50-,51+,52-,53+,54-,56+,57-,58-,59-/m1/s1. The van der Waals surface area contributed by atoms with E-state index in [-0.39, 0.29) is 31.1 Å². The minimum absolute atomic E-state index is 0.0876. The number of carbonyl (C=O) groups excluding carboxylic acids is 2. The lowest BCUT2D eigenvalue weighted by atomic mass is 9.77. The van der Waals surface area contributed by atoms with Crippen LogP contribution >= 0.6 is 23.5 Å². The van der Waals surface area contributed by atoms with Crippen LogP contribution in [0.3, 0.4) is 0 Å². The van der Waals surface area contributed by atoms with E-state index in [1.54, 1.807) is 60.4 Å². The summed E-state index contributed by atoms with van der Waals surface area (Å²) in [5.74, 6) is 0.0205. The zero-order valence-corrected chi connectivity index (χ0v) is 49.5. The maximum atomic E-state index is 14.5. The Hall–Kier alpha value is -2.36. The van der Waals surface area contributed by atoms with Gasteiger partial charge in [-0.3, -0.25) is 9.59 Å². The predicted octanol–water partition coefficient (Wildman–Crippen LogP) is 7.98. The van der Waals surface area contributed by atoms with Gasteiger partial charge < -0.3 is 63.8 Å². The number of hydrogen-bond acceptors (Lipinski definition) is 16. The molecule has 0 bridgehead atoms. The van der Waals surface area contributed by atoms with E-state index in [2.05, 4.69) is 48.5 Å². The Morgan fingerprint density at radius 2 is 1.50 bits per heavy atom. The Kier molecular flexibility index (Phi) is 24.9. The minimum atomic E-state index is -1.85. The second-order valence-electron chi connectivity index (χ2n) is 23.2. The molecule has 0 saturated carbocycles. The number of carbonyl (C=O) groups is 2. The van der Waals surface area contributed by atoms with Crippen LogP contribution in [0.2, 0.25) is 0 Å². The third-order valence-corrected chi connectivity index (χ3v) is 19.1. The largest absolute Gasteiger partial charge is 0.459 e. The van der Waals surface area contributed by atoms with Crippen molar-refractivity contribution >= 4 is 35.4 Å². The number of esters is 1. The fourth-order valence-corrected chi connectivity index (χ4v) is 14.1. The van der Waals surface area contributed by atoms with Crippen molar-refractivity contribution in [3.8, 4) is 0 Å². The smallest absolute Gasteiger partial charge is 0.311 e. The summed E-state index contributed by atoms with van der Waals surface area (Å²) in [6.45, 7) is 17.9. The summed E-state index contributed by atoms with van der Waals surface area (Å²) in [7, 11) is 5.06. The molecule has 5 rings (SSSR count). The molecule has 1 amide bonds. The molecule has 19 atom stereocenters. The summed E-state index contributed by atoms with van der Waals surface area (Å²) in [6.07, 6.45) is -5.70. The molecule has 432 valence electrons. The van der Waals surface area contributed by atoms with E-state index in [0.29, 0.717) is 31.1 Å². The fourth-order valence-electron chi connectivity index (χ4n) is 11.7. The molecule has 0 aromatic heterocycles. The molecule has 0 radical (unpaired) electrons.